The Bertz CT molecular complexity index is 621. The van der Waals surface area contributed by atoms with Gasteiger partial charge in [-0.05, 0) is 30.9 Å². The minimum Gasteiger partial charge on any atom is -0.297 e. The molecule has 0 atom stereocenters. The van der Waals surface area contributed by atoms with Crippen LogP contribution in [-0.2, 0) is 19.4 Å². The van der Waals surface area contributed by atoms with Crippen molar-refractivity contribution in [2.45, 2.75) is 32.4 Å². The smallest absolute Gasteiger partial charge is 0.131 e. The molecule has 2 aromatic rings. The molecule has 1 aromatic carbocycles. The molecule has 0 saturated carbocycles. The number of aromatic nitrogens is 2. The largest absolute Gasteiger partial charge is 0.297 e. The molecule has 2 heterocycles. The molecule has 0 bridgehead atoms. The van der Waals surface area contributed by atoms with Gasteiger partial charge in [0, 0.05) is 32.2 Å². The van der Waals surface area contributed by atoms with Crippen LogP contribution in [0.15, 0.2) is 24.3 Å². The van der Waals surface area contributed by atoms with E-state index in [4.69, 9.17) is 0 Å². The molecule has 1 aliphatic heterocycles. The molecule has 0 amide bonds. The summed E-state index contributed by atoms with van der Waals surface area (Å²) in [6, 6.07) is 9.64. The average molecular weight is 314 g/mol. The second kappa shape index (κ2) is 6.07. The summed E-state index contributed by atoms with van der Waals surface area (Å²) in [5.41, 5.74) is 3.11. The molecule has 1 fully saturated rings. The average Bonchev–Trinajstić information content (AvgIpc) is 3.14. The molecular weight excluding hydrogens is 292 g/mol. The van der Waals surface area contributed by atoms with Crippen molar-refractivity contribution in [3.63, 3.8) is 0 Å². The van der Waals surface area contributed by atoms with Gasteiger partial charge in [-0.2, -0.15) is 0 Å². The molecule has 1 aliphatic carbocycles. The quantitative estimate of drug-likeness (QED) is 0.869. The van der Waals surface area contributed by atoms with Gasteiger partial charge in [-0.15, -0.1) is 21.5 Å². The van der Waals surface area contributed by atoms with E-state index in [0.29, 0.717) is 6.04 Å². The Morgan fingerprint density at radius 3 is 2.32 bits per heavy atom. The predicted octanol–water partition coefficient (Wildman–Crippen LogP) is 2.13. The fourth-order valence-electron chi connectivity index (χ4n) is 3.67. The van der Waals surface area contributed by atoms with Crippen LogP contribution in [-0.4, -0.2) is 52.2 Å². The van der Waals surface area contributed by atoms with Crippen LogP contribution < -0.4 is 0 Å². The van der Waals surface area contributed by atoms with Crippen LogP contribution in [0.1, 0.15) is 21.1 Å². The number of rotatable bonds is 3. The van der Waals surface area contributed by atoms with Crippen molar-refractivity contribution in [2.24, 2.45) is 0 Å². The fraction of sp³-hybridized carbons (Fsp3) is 0.529. The zero-order valence-corrected chi connectivity index (χ0v) is 13.9. The van der Waals surface area contributed by atoms with Crippen LogP contribution in [0.3, 0.4) is 0 Å². The lowest BCUT2D eigenvalue weighted by Gasteiger charge is -2.37. The van der Waals surface area contributed by atoms with Crippen molar-refractivity contribution in [3.05, 3.63) is 45.4 Å². The van der Waals surface area contributed by atoms with E-state index in [2.05, 4.69) is 44.3 Å². The molecule has 0 N–H and O–H groups in total. The second-order valence-electron chi connectivity index (χ2n) is 6.36. The molecule has 4 nitrogen and oxygen atoms in total. The first-order chi connectivity index (χ1) is 10.8. The third-order valence-electron chi connectivity index (χ3n) is 4.88. The van der Waals surface area contributed by atoms with Crippen LogP contribution in [0.5, 0.6) is 0 Å². The van der Waals surface area contributed by atoms with Crippen molar-refractivity contribution in [1.29, 1.82) is 0 Å². The lowest BCUT2D eigenvalue weighted by atomic mass is 10.1. The van der Waals surface area contributed by atoms with E-state index in [0.717, 1.165) is 29.6 Å². The van der Waals surface area contributed by atoms with Crippen molar-refractivity contribution in [3.8, 4) is 0 Å². The van der Waals surface area contributed by atoms with Gasteiger partial charge in [0.2, 0.25) is 0 Å². The summed E-state index contributed by atoms with van der Waals surface area (Å²) >= 11 is 1.72. The van der Waals surface area contributed by atoms with Crippen molar-refractivity contribution < 1.29 is 0 Å². The number of hydrogen-bond donors (Lipinski definition) is 0. The Morgan fingerprint density at radius 2 is 1.73 bits per heavy atom. The number of hydrogen-bond acceptors (Lipinski definition) is 5. The van der Waals surface area contributed by atoms with Gasteiger partial charge in [0.25, 0.3) is 0 Å². The Kier molecular flexibility index (Phi) is 3.94. The van der Waals surface area contributed by atoms with Crippen LogP contribution in [0, 0.1) is 6.92 Å². The Morgan fingerprint density at radius 1 is 1.05 bits per heavy atom. The highest BCUT2D eigenvalue weighted by Gasteiger charge is 2.29. The van der Waals surface area contributed by atoms with Crippen molar-refractivity contribution in [2.75, 3.05) is 26.2 Å². The molecule has 2 aliphatic rings. The molecule has 116 valence electrons. The first-order valence-electron chi connectivity index (χ1n) is 8.10. The minimum atomic E-state index is 0.711. The predicted molar refractivity (Wildman–Crippen MR) is 89.1 cm³/mol. The third kappa shape index (κ3) is 2.93. The summed E-state index contributed by atoms with van der Waals surface area (Å²) in [5.74, 6) is 0. The van der Waals surface area contributed by atoms with Gasteiger partial charge >= 0.3 is 0 Å². The van der Waals surface area contributed by atoms with Crippen LogP contribution in [0.25, 0.3) is 0 Å². The number of benzene rings is 1. The Labute approximate surface area is 135 Å². The molecule has 5 heteroatoms. The maximum atomic E-state index is 4.25. The molecular formula is C17H22N4S. The maximum Gasteiger partial charge on any atom is 0.131 e. The lowest BCUT2D eigenvalue weighted by molar-refractivity contribution is 0.0947. The standard InChI is InChI=1S/C17H22N4S/c1-13-18-19-17(22-13)12-20-6-8-21(9-7-20)16-10-14-4-2-3-5-15(14)11-16/h2-5,16H,6-12H2,1H3. The van der Waals surface area contributed by atoms with Gasteiger partial charge in [0.1, 0.15) is 10.0 Å². The maximum absolute atomic E-state index is 4.25. The van der Waals surface area contributed by atoms with E-state index in [-0.39, 0.29) is 0 Å². The van der Waals surface area contributed by atoms with E-state index >= 15 is 0 Å². The summed E-state index contributed by atoms with van der Waals surface area (Å²) in [6.07, 6.45) is 2.46. The minimum absolute atomic E-state index is 0.711. The van der Waals surface area contributed by atoms with E-state index in [1.807, 2.05) is 6.92 Å². The number of fused-ring (bicyclic) bond motifs is 1. The molecule has 0 spiro atoms. The molecule has 0 radical (unpaired) electrons. The third-order valence-corrected chi connectivity index (χ3v) is 5.70. The van der Waals surface area contributed by atoms with Gasteiger partial charge in [-0.3, -0.25) is 9.80 Å². The van der Waals surface area contributed by atoms with E-state index in [1.54, 1.807) is 22.5 Å². The molecule has 0 unspecified atom stereocenters. The highest BCUT2D eigenvalue weighted by molar-refractivity contribution is 7.11. The van der Waals surface area contributed by atoms with Crippen molar-refractivity contribution >= 4 is 11.3 Å². The molecule has 4 rings (SSSR count). The van der Waals surface area contributed by atoms with Crippen LogP contribution in [0.4, 0.5) is 0 Å². The van der Waals surface area contributed by atoms with E-state index in [1.165, 1.54) is 25.9 Å². The van der Waals surface area contributed by atoms with Gasteiger partial charge < -0.3 is 0 Å². The zero-order valence-electron chi connectivity index (χ0n) is 13.0. The Hall–Kier alpha value is -1.30. The second-order valence-corrected chi connectivity index (χ2v) is 7.62. The lowest BCUT2D eigenvalue weighted by Crippen LogP contribution is -2.50. The normalized spacial score (nSPS) is 20.4. The molecule has 1 aromatic heterocycles. The fourth-order valence-corrected chi connectivity index (χ4v) is 4.42. The van der Waals surface area contributed by atoms with Gasteiger partial charge in [-0.25, -0.2) is 0 Å². The monoisotopic (exact) mass is 314 g/mol. The summed E-state index contributed by atoms with van der Waals surface area (Å²) in [5, 5.41) is 10.6. The first kappa shape index (κ1) is 14.3. The Balaban J connectivity index is 1.31. The first-order valence-corrected chi connectivity index (χ1v) is 8.92. The van der Waals surface area contributed by atoms with Gasteiger partial charge in [0.05, 0.1) is 6.54 Å². The molecule has 22 heavy (non-hydrogen) atoms. The topological polar surface area (TPSA) is 32.3 Å². The number of nitrogens with zero attached hydrogens (tertiary/aromatic N) is 4. The number of aryl methyl sites for hydroxylation is 1. The number of piperazine rings is 1. The van der Waals surface area contributed by atoms with E-state index < -0.39 is 0 Å². The molecule has 1 saturated heterocycles. The van der Waals surface area contributed by atoms with Gasteiger partial charge in [-0.1, -0.05) is 24.3 Å². The van der Waals surface area contributed by atoms with E-state index in [9.17, 15) is 0 Å². The van der Waals surface area contributed by atoms with Crippen LogP contribution >= 0.6 is 11.3 Å². The zero-order chi connectivity index (χ0) is 14.9. The summed E-state index contributed by atoms with van der Waals surface area (Å²) < 4.78 is 0. The SMILES string of the molecule is Cc1nnc(CN2CCN(C3Cc4ccccc4C3)CC2)s1. The van der Waals surface area contributed by atoms with Gasteiger partial charge in [0.15, 0.2) is 0 Å². The summed E-state index contributed by atoms with van der Waals surface area (Å²) in [4.78, 5) is 5.19. The highest BCUT2D eigenvalue weighted by atomic mass is 32.1. The summed E-state index contributed by atoms with van der Waals surface area (Å²) in [6.45, 7) is 7.63. The summed E-state index contributed by atoms with van der Waals surface area (Å²) in [7, 11) is 0. The highest BCUT2D eigenvalue weighted by Crippen LogP contribution is 2.26. The van der Waals surface area contributed by atoms with Crippen LogP contribution in [0.2, 0.25) is 0 Å². The van der Waals surface area contributed by atoms with Crippen molar-refractivity contribution in [1.82, 2.24) is 20.0 Å².